The molecule has 0 aliphatic rings. The van der Waals surface area contributed by atoms with Crippen molar-refractivity contribution < 1.29 is 24.5 Å². The van der Waals surface area contributed by atoms with E-state index in [1.807, 2.05) is 0 Å². The predicted molar refractivity (Wildman–Crippen MR) is 95.3 cm³/mol. The van der Waals surface area contributed by atoms with Gasteiger partial charge in [-0.15, -0.1) is 0 Å². The van der Waals surface area contributed by atoms with Crippen molar-refractivity contribution in [2.24, 2.45) is 10.2 Å². The Morgan fingerprint density at radius 3 is 1.81 bits per heavy atom. The van der Waals surface area contributed by atoms with Crippen molar-refractivity contribution in [3.8, 4) is 11.5 Å². The van der Waals surface area contributed by atoms with Gasteiger partial charge in [0.1, 0.15) is 11.5 Å². The van der Waals surface area contributed by atoms with Crippen LogP contribution in [0.4, 0.5) is 11.4 Å². The quantitative estimate of drug-likeness (QED) is 0.613. The van der Waals surface area contributed by atoms with Gasteiger partial charge in [0.15, 0.2) is 0 Å². The van der Waals surface area contributed by atoms with Gasteiger partial charge in [-0.1, -0.05) is 0 Å². The lowest BCUT2D eigenvalue weighted by Gasteiger charge is -2.04. The molecule has 8 nitrogen and oxygen atoms in total. The van der Waals surface area contributed by atoms with Crippen molar-refractivity contribution >= 4 is 23.3 Å². The fourth-order valence-corrected chi connectivity index (χ4v) is 2.15. The molecule has 1 heterocycles. The highest BCUT2D eigenvalue weighted by Crippen LogP contribution is 2.25. The molecule has 3 rings (SSSR count). The van der Waals surface area contributed by atoms with Gasteiger partial charge in [-0.3, -0.25) is 4.98 Å². The van der Waals surface area contributed by atoms with Gasteiger partial charge in [0.25, 0.3) is 0 Å². The van der Waals surface area contributed by atoms with Crippen LogP contribution in [0.1, 0.15) is 20.7 Å². The number of ether oxygens (including phenoxy) is 1. The standard InChI is InChI=1S/C19H13N3O5/c23-18(24)12-9-13(19(25)26)11-15(10-12)22-21-14-1-3-16(4-2-14)27-17-5-7-20-8-6-17/h1-11H,(H,23,24)(H,25,26)/b22-21+. The van der Waals surface area contributed by atoms with Gasteiger partial charge in [-0.05, 0) is 54.6 Å². The number of aromatic carboxylic acids is 2. The lowest BCUT2D eigenvalue weighted by Crippen LogP contribution is -2.01. The third kappa shape index (κ3) is 4.73. The largest absolute Gasteiger partial charge is 0.478 e. The molecule has 0 amide bonds. The molecule has 0 saturated carbocycles. The molecule has 2 aromatic carbocycles. The summed E-state index contributed by atoms with van der Waals surface area (Å²) in [4.78, 5) is 26.1. The minimum Gasteiger partial charge on any atom is -0.478 e. The third-order valence-electron chi connectivity index (χ3n) is 3.41. The molecular weight excluding hydrogens is 350 g/mol. The summed E-state index contributed by atoms with van der Waals surface area (Å²) in [5.74, 6) is -1.24. The summed E-state index contributed by atoms with van der Waals surface area (Å²) in [6.45, 7) is 0. The smallest absolute Gasteiger partial charge is 0.335 e. The molecule has 1 aromatic heterocycles. The van der Waals surface area contributed by atoms with Crippen LogP contribution in [0.15, 0.2) is 77.2 Å². The van der Waals surface area contributed by atoms with Gasteiger partial charge in [0, 0.05) is 12.4 Å². The Labute approximate surface area is 153 Å². The number of rotatable bonds is 6. The molecule has 2 N–H and O–H groups in total. The Kier molecular flexibility index (Phi) is 5.17. The van der Waals surface area contributed by atoms with E-state index in [-0.39, 0.29) is 16.8 Å². The van der Waals surface area contributed by atoms with E-state index >= 15 is 0 Å². The topological polar surface area (TPSA) is 121 Å². The molecule has 0 unspecified atom stereocenters. The first-order valence-electron chi connectivity index (χ1n) is 7.72. The second kappa shape index (κ2) is 7.87. The number of carbonyl (C=O) groups is 2. The lowest BCUT2D eigenvalue weighted by molar-refractivity contribution is 0.0696. The van der Waals surface area contributed by atoms with Gasteiger partial charge in [0.2, 0.25) is 0 Å². The van der Waals surface area contributed by atoms with Crippen LogP contribution in [0.2, 0.25) is 0 Å². The van der Waals surface area contributed by atoms with Crippen LogP contribution >= 0.6 is 0 Å². The van der Waals surface area contributed by atoms with Crippen LogP contribution in [0, 0.1) is 0 Å². The minimum absolute atomic E-state index is 0.129. The Hall–Kier alpha value is -4.07. The normalized spacial score (nSPS) is 10.7. The fourth-order valence-electron chi connectivity index (χ4n) is 2.15. The number of aromatic nitrogens is 1. The van der Waals surface area contributed by atoms with E-state index in [9.17, 15) is 9.59 Å². The molecule has 0 bridgehead atoms. The summed E-state index contributed by atoms with van der Waals surface area (Å²) in [5, 5.41) is 26.1. The number of benzene rings is 2. The van der Waals surface area contributed by atoms with E-state index in [1.165, 1.54) is 12.1 Å². The van der Waals surface area contributed by atoms with Crippen molar-refractivity contribution in [1.82, 2.24) is 4.98 Å². The molecule has 0 spiro atoms. The number of azo groups is 1. The SMILES string of the molecule is O=C(O)c1cc(/N=N/c2ccc(Oc3ccncc3)cc2)cc(C(=O)O)c1. The Bertz CT molecular complexity index is 969. The monoisotopic (exact) mass is 363 g/mol. The average molecular weight is 363 g/mol. The van der Waals surface area contributed by atoms with E-state index in [4.69, 9.17) is 14.9 Å². The highest BCUT2D eigenvalue weighted by atomic mass is 16.5. The molecule has 134 valence electrons. The fraction of sp³-hybridized carbons (Fsp3) is 0. The molecule has 0 radical (unpaired) electrons. The summed E-state index contributed by atoms with van der Waals surface area (Å²) in [7, 11) is 0. The molecule has 8 heteroatoms. The van der Waals surface area contributed by atoms with E-state index in [0.717, 1.165) is 6.07 Å². The van der Waals surface area contributed by atoms with E-state index in [1.54, 1.807) is 48.8 Å². The van der Waals surface area contributed by atoms with Crippen LogP contribution in [0.25, 0.3) is 0 Å². The van der Waals surface area contributed by atoms with Gasteiger partial charge >= 0.3 is 11.9 Å². The Balaban J connectivity index is 1.77. The van der Waals surface area contributed by atoms with Crippen LogP contribution in [-0.4, -0.2) is 27.1 Å². The summed E-state index contributed by atoms with van der Waals surface area (Å²) in [6.07, 6.45) is 3.24. The molecule has 0 aliphatic carbocycles. The average Bonchev–Trinajstić information content (AvgIpc) is 2.68. The van der Waals surface area contributed by atoms with Gasteiger partial charge in [0.05, 0.1) is 22.5 Å². The molecule has 3 aromatic rings. The van der Waals surface area contributed by atoms with Crippen molar-refractivity contribution in [2.45, 2.75) is 0 Å². The molecule has 0 aliphatic heterocycles. The summed E-state index contributed by atoms with van der Waals surface area (Å²) in [5.41, 5.74) is 0.272. The second-order valence-corrected chi connectivity index (χ2v) is 5.36. The van der Waals surface area contributed by atoms with E-state index in [0.29, 0.717) is 17.2 Å². The van der Waals surface area contributed by atoms with Crippen molar-refractivity contribution in [3.05, 3.63) is 78.1 Å². The van der Waals surface area contributed by atoms with Gasteiger partial charge in [-0.25, -0.2) is 9.59 Å². The van der Waals surface area contributed by atoms with Crippen LogP contribution in [0.3, 0.4) is 0 Å². The highest BCUT2D eigenvalue weighted by Gasteiger charge is 2.11. The molecule has 27 heavy (non-hydrogen) atoms. The Morgan fingerprint density at radius 1 is 0.741 bits per heavy atom. The number of pyridine rings is 1. The summed E-state index contributed by atoms with van der Waals surface area (Å²) < 4.78 is 5.64. The van der Waals surface area contributed by atoms with Crippen LogP contribution in [0.5, 0.6) is 11.5 Å². The van der Waals surface area contributed by atoms with Crippen molar-refractivity contribution in [3.63, 3.8) is 0 Å². The third-order valence-corrected chi connectivity index (χ3v) is 3.41. The highest BCUT2D eigenvalue weighted by molar-refractivity contribution is 5.95. The second-order valence-electron chi connectivity index (χ2n) is 5.36. The maximum absolute atomic E-state index is 11.1. The maximum Gasteiger partial charge on any atom is 0.335 e. The van der Waals surface area contributed by atoms with Gasteiger partial charge < -0.3 is 14.9 Å². The van der Waals surface area contributed by atoms with E-state index < -0.39 is 11.9 Å². The summed E-state index contributed by atoms with van der Waals surface area (Å²) >= 11 is 0. The summed E-state index contributed by atoms with van der Waals surface area (Å²) in [6, 6.07) is 13.7. The number of nitrogens with zero attached hydrogens (tertiary/aromatic N) is 3. The zero-order valence-electron chi connectivity index (χ0n) is 13.8. The molecular formula is C19H13N3O5. The van der Waals surface area contributed by atoms with Crippen LogP contribution < -0.4 is 4.74 Å². The van der Waals surface area contributed by atoms with Gasteiger partial charge in [-0.2, -0.15) is 10.2 Å². The first-order valence-corrected chi connectivity index (χ1v) is 7.72. The number of hydrogen-bond acceptors (Lipinski definition) is 6. The molecule has 0 saturated heterocycles. The number of carboxylic acids is 2. The first-order chi connectivity index (χ1) is 13.0. The van der Waals surface area contributed by atoms with Crippen molar-refractivity contribution in [2.75, 3.05) is 0 Å². The zero-order valence-corrected chi connectivity index (χ0v) is 13.8. The van der Waals surface area contributed by atoms with Crippen LogP contribution in [-0.2, 0) is 0 Å². The lowest BCUT2D eigenvalue weighted by atomic mass is 10.1. The zero-order chi connectivity index (χ0) is 19.2. The Morgan fingerprint density at radius 2 is 1.26 bits per heavy atom. The predicted octanol–water partition coefficient (Wildman–Crippen LogP) is 4.69. The minimum atomic E-state index is -1.24. The molecule has 0 atom stereocenters. The number of hydrogen-bond donors (Lipinski definition) is 2. The van der Waals surface area contributed by atoms with E-state index in [2.05, 4.69) is 15.2 Å². The maximum atomic E-state index is 11.1. The van der Waals surface area contributed by atoms with Crippen molar-refractivity contribution in [1.29, 1.82) is 0 Å². The number of carboxylic acid groups (broad SMARTS) is 2. The molecule has 0 fully saturated rings. The first kappa shape index (κ1) is 17.7.